The SMILES string of the molecule is N[C@@H](CCS)C(=O)O.N[C@@H](CCSSCC[C@H](N)C(=O)O)C(=O)O. The summed E-state index contributed by atoms with van der Waals surface area (Å²) in [6.07, 6.45) is 1.23. The molecule has 0 aromatic rings. The average Bonchev–Trinajstić information content (AvgIpc) is 2.50. The lowest BCUT2D eigenvalue weighted by Crippen LogP contribution is -2.30. The van der Waals surface area contributed by atoms with Crippen LogP contribution in [-0.4, -0.2) is 68.6 Å². The molecule has 0 aromatic heterocycles. The highest BCUT2D eigenvalue weighted by molar-refractivity contribution is 8.76. The Labute approximate surface area is 153 Å². The summed E-state index contributed by atoms with van der Waals surface area (Å²) in [7, 11) is 2.96. The van der Waals surface area contributed by atoms with Crippen LogP contribution in [0.15, 0.2) is 0 Å². The van der Waals surface area contributed by atoms with Crippen molar-refractivity contribution in [1.29, 1.82) is 0 Å². The normalized spacial score (nSPS) is 14.0. The maximum Gasteiger partial charge on any atom is 0.320 e. The minimum absolute atomic E-state index is 0.401. The van der Waals surface area contributed by atoms with Gasteiger partial charge in [0.25, 0.3) is 0 Å². The molecule has 9 nitrogen and oxygen atoms in total. The van der Waals surface area contributed by atoms with E-state index in [1.54, 1.807) is 0 Å². The Balaban J connectivity index is 0. The third-order valence-corrected chi connectivity index (χ3v) is 5.23. The van der Waals surface area contributed by atoms with Crippen molar-refractivity contribution in [1.82, 2.24) is 0 Å². The highest BCUT2D eigenvalue weighted by Crippen LogP contribution is 2.23. The van der Waals surface area contributed by atoms with E-state index in [-0.39, 0.29) is 0 Å². The van der Waals surface area contributed by atoms with Gasteiger partial charge in [0, 0.05) is 11.5 Å². The lowest BCUT2D eigenvalue weighted by Gasteiger charge is -2.06. The molecule has 0 aromatic carbocycles. The first kappa shape index (κ1) is 25.6. The van der Waals surface area contributed by atoms with Crippen LogP contribution in [-0.2, 0) is 14.4 Å². The van der Waals surface area contributed by atoms with Crippen LogP contribution < -0.4 is 17.2 Å². The maximum absolute atomic E-state index is 10.4. The van der Waals surface area contributed by atoms with Gasteiger partial charge in [-0.15, -0.1) is 0 Å². The topological polar surface area (TPSA) is 190 Å². The minimum atomic E-state index is -1.00. The van der Waals surface area contributed by atoms with E-state index >= 15 is 0 Å². The molecule has 12 heteroatoms. The first-order valence-electron chi connectivity index (χ1n) is 6.93. The fraction of sp³-hybridized carbons (Fsp3) is 0.750. The lowest BCUT2D eigenvalue weighted by molar-refractivity contribution is -0.139. The zero-order valence-electron chi connectivity index (χ0n) is 13.0. The zero-order valence-corrected chi connectivity index (χ0v) is 15.6. The van der Waals surface area contributed by atoms with Crippen LogP contribution in [0.1, 0.15) is 19.3 Å². The van der Waals surface area contributed by atoms with Crippen molar-refractivity contribution in [3.63, 3.8) is 0 Å². The Kier molecular flexibility index (Phi) is 16.9. The van der Waals surface area contributed by atoms with E-state index in [1.807, 2.05) is 0 Å². The van der Waals surface area contributed by atoms with Crippen molar-refractivity contribution in [2.75, 3.05) is 17.3 Å². The van der Waals surface area contributed by atoms with Crippen molar-refractivity contribution in [3.05, 3.63) is 0 Å². The average molecular weight is 404 g/mol. The molecule has 0 radical (unpaired) electrons. The summed E-state index contributed by atoms with van der Waals surface area (Å²) in [4.78, 5) is 30.7. The fourth-order valence-electron chi connectivity index (χ4n) is 0.978. The zero-order chi connectivity index (χ0) is 19.1. The molecule has 0 amide bonds. The van der Waals surface area contributed by atoms with E-state index in [0.717, 1.165) is 0 Å². The molecule has 24 heavy (non-hydrogen) atoms. The molecule has 0 heterocycles. The molecule has 3 atom stereocenters. The number of rotatable bonds is 12. The van der Waals surface area contributed by atoms with Crippen LogP contribution >= 0.6 is 34.2 Å². The summed E-state index contributed by atoms with van der Waals surface area (Å²) < 4.78 is 0. The molecule has 0 aliphatic carbocycles. The first-order valence-corrected chi connectivity index (χ1v) is 10.1. The van der Waals surface area contributed by atoms with Gasteiger partial charge in [0.1, 0.15) is 18.1 Å². The first-order chi connectivity index (χ1) is 11.1. The monoisotopic (exact) mass is 403 g/mol. The third kappa shape index (κ3) is 16.2. The second kappa shape index (κ2) is 15.8. The van der Waals surface area contributed by atoms with Gasteiger partial charge < -0.3 is 32.5 Å². The molecule has 0 aliphatic heterocycles. The number of carboxylic acid groups (broad SMARTS) is 3. The lowest BCUT2D eigenvalue weighted by atomic mass is 10.2. The molecule has 0 unspecified atom stereocenters. The number of hydrogen-bond donors (Lipinski definition) is 7. The van der Waals surface area contributed by atoms with Crippen molar-refractivity contribution in [2.24, 2.45) is 17.2 Å². The van der Waals surface area contributed by atoms with Crippen LogP contribution in [0.25, 0.3) is 0 Å². The van der Waals surface area contributed by atoms with Crippen LogP contribution in [0.5, 0.6) is 0 Å². The van der Waals surface area contributed by atoms with Crippen molar-refractivity contribution in [3.8, 4) is 0 Å². The summed E-state index contributed by atoms with van der Waals surface area (Å²) in [5.74, 6) is -1.19. The van der Waals surface area contributed by atoms with Gasteiger partial charge in [-0.05, 0) is 25.0 Å². The van der Waals surface area contributed by atoms with E-state index in [1.165, 1.54) is 21.6 Å². The van der Waals surface area contributed by atoms with Gasteiger partial charge in [0.2, 0.25) is 0 Å². The summed E-state index contributed by atoms with van der Waals surface area (Å²) in [6, 6.07) is -2.39. The molecule has 142 valence electrons. The number of hydrogen-bond acceptors (Lipinski definition) is 9. The Bertz CT molecular complexity index is 365. The van der Waals surface area contributed by atoms with Gasteiger partial charge in [-0.1, -0.05) is 21.6 Å². The number of thiol groups is 1. The van der Waals surface area contributed by atoms with Gasteiger partial charge in [-0.25, -0.2) is 0 Å². The van der Waals surface area contributed by atoms with E-state index < -0.39 is 36.0 Å². The molecule has 0 aliphatic rings. The number of carboxylic acids is 3. The number of nitrogens with two attached hydrogens (primary N) is 3. The molecule has 0 bridgehead atoms. The maximum atomic E-state index is 10.4. The van der Waals surface area contributed by atoms with E-state index in [9.17, 15) is 14.4 Å². The number of aliphatic carboxylic acids is 3. The van der Waals surface area contributed by atoms with Crippen molar-refractivity contribution >= 4 is 52.1 Å². The molecular formula is C12H25N3O6S3. The van der Waals surface area contributed by atoms with Crippen molar-refractivity contribution < 1.29 is 29.7 Å². The van der Waals surface area contributed by atoms with Gasteiger partial charge in [-0.2, -0.15) is 12.6 Å². The van der Waals surface area contributed by atoms with Crippen LogP contribution in [0.4, 0.5) is 0 Å². The summed E-state index contributed by atoms with van der Waals surface area (Å²) in [5, 5.41) is 25.1. The summed E-state index contributed by atoms with van der Waals surface area (Å²) >= 11 is 3.81. The van der Waals surface area contributed by atoms with Crippen molar-refractivity contribution in [2.45, 2.75) is 37.4 Å². The smallest absolute Gasteiger partial charge is 0.320 e. The van der Waals surface area contributed by atoms with Crippen LogP contribution in [0, 0.1) is 0 Å². The van der Waals surface area contributed by atoms with Crippen LogP contribution in [0.2, 0.25) is 0 Å². The molecule has 9 N–H and O–H groups in total. The second-order valence-corrected chi connectivity index (χ2v) is 7.72. The predicted molar refractivity (Wildman–Crippen MR) is 99.5 cm³/mol. The molecule has 0 saturated carbocycles. The van der Waals surface area contributed by atoms with Gasteiger partial charge in [-0.3, -0.25) is 14.4 Å². The quantitative estimate of drug-likeness (QED) is 0.128. The molecule has 0 spiro atoms. The van der Waals surface area contributed by atoms with E-state index in [4.69, 9.17) is 32.5 Å². The third-order valence-electron chi connectivity index (χ3n) is 2.50. The number of carbonyl (C=O) groups is 3. The Hall–Kier alpha value is -0.660. The molecule has 0 saturated heterocycles. The Morgan fingerprint density at radius 2 is 1.04 bits per heavy atom. The van der Waals surface area contributed by atoms with E-state index in [2.05, 4.69) is 12.6 Å². The summed E-state index contributed by atoms with van der Waals surface area (Å²) in [5.41, 5.74) is 15.7. The predicted octanol–water partition coefficient (Wildman–Crippen LogP) is -0.310. The molecular weight excluding hydrogens is 378 g/mol. The van der Waals surface area contributed by atoms with E-state index in [0.29, 0.717) is 36.5 Å². The Morgan fingerprint density at radius 3 is 1.25 bits per heavy atom. The standard InChI is InChI=1S/C8H16N2O4S2.C4H9NO2S/c9-5(7(11)12)1-3-15-16-4-2-6(10)8(13)14;5-3(1-2-8)4(6)7/h5-6H,1-4,9-10H2,(H,11,12)(H,13,14);3,8H,1-2,5H2,(H,6,7)/t5-,6-;3-/m00/s1. The molecule has 0 rings (SSSR count). The fourth-order valence-corrected chi connectivity index (χ4v) is 3.48. The highest BCUT2D eigenvalue weighted by Gasteiger charge is 2.12. The minimum Gasteiger partial charge on any atom is -0.480 e. The second-order valence-electron chi connectivity index (χ2n) is 4.57. The highest BCUT2D eigenvalue weighted by atomic mass is 33.1. The summed E-state index contributed by atoms with van der Waals surface area (Å²) in [6.45, 7) is 0. The van der Waals surface area contributed by atoms with Crippen LogP contribution in [0.3, 0.4) is 0 Å². The van der Waals surface area contributed by atoms with Gasteiger partial charge >= 0.3 is 17.9 Å². The van der Waals surface area contributed by atoms with Gasteiger partial charge in [0.05, 0.1) is 0 Å². The Morgan fingerprint density at radius 1 is 0.750 bits per heavy atom. The largest absolute Gasteiger partial charge is 0.480 e. The molecule has 0 fully saturated rings. The van der Waals surface area contributed by atoms with Gasteiger partial charge in [0.15, 0.2) is 0 Å².